The van der Waals surface area contributed by atoms with Crippen LogP contribution in [0.4, 0.5) is 0 Å². The van der Waals surface area contributed by atoms with Crippen molar-refractivity contribution in [1.82, 2.24) is 10.6 Å². The highest BCUT2D eigenvalue weighted by Crippen LogP contribution is 2.42. The molecule has 11 aliphatic heterocycles. The molecule has 0 aliphatic carbocycles. The molecule has 0 aromatic rings. The third-order valence-corrected chi connectivity index (χ3v) is 23.8. The number of rotatable bonds is 33. The van der Waals surface area contributed by atoms with E-state index in [-0.39, 0.29) is 0 Å². The molecule has 0 spiro atoms. The third kappa shape index (κ3) is 22.5. The first-order chi connectivity index (χ1) is 60.7. The number of aliphatic hydroxyl groups is 33. The fraction of sp³-hybridized carbons (Fsp3) is 0.971. The molecule has 35 N–H and O–H groups in total. The van der Waals surface area contributed by atoms with Gasteiger partial charge < -0.3 is 279 Å². The molecule has 55 atom stereocenters. The van der Waals surface area contributed by atoms with Crippen molar-refractivity contribution in [3.05, 3.63) is 0 Å². The van der Waals surface area contributed by atoms with Gasteiger partial charge in [0, 0.05) is 13.8 Å². The van der Waals surface area contributed by atoms with Gasteiger partial charge in [0.25, 0.3) is 0 Å². The lowest BCUT2D eigenvalue weighted by atomic mass is 9.94. The van der Waals surface area contributed by atoms with E-state index in [0.717, 1.165) is 13.8 Å². The number of ether oxygens (including phenoxy) is 21. The highest BCUT2D eigenvalue weighted by molar-refractivity contribution is 5.73. The van der Waals surface area contributed by atoms with Gasteiger partial charge in [-0.2, -0.15) is 0 Å². The van der Waals surface area contributed by atoms with Gasteiger partial charge in [-0.25, -0.2) is 0 Å². The Morgan fingerprint density at radius 1 is 0.203 bits per heavy atom. The molecule has 0 aromatic carbocycles. The maximum atomic E-state index is 13.0. The molecule has 0 aromatic heterocycles. The number of carbonyl (C=O) groups is 2. The highest BCUT2D eigenvalue weighted by atomic mass is 16.8. The molecule has 58 heteroatoms. The lowest BCUT2D eigenvalue weighted by Gasteiger charge is -2.51. The van der Waals surface area contributed by atoms with Gasteiger partial charge in [-0.3, -0.25) is 9.59 Å². The number of hydrogen-bond acceptors (Lipinski definition) is 56. The van der Waals surface area contributed by atoms with Crippen LogP contribution in [-0.4, -0.2) is 591 Å². The Balaban J connectivity index is 0.872. The molecule has 2 amide bonds. The monoisotopic (exact) mass is 1880 g/mol. The molecule has 0 unspecified atom stereocenters. The first kappa shape index (κ1) is 105. The summed E-state index contributed by atoms with van der Waals surface area (Å²) in [6.07, 6.45) is -115. The SMILES string of the molecule is CC(=O)N[C@@H]1[C@@H](O)[C@H](O[C@@H]2O[C@H](CO)[C@@H](O[C@@H]3O[C@H](CO[C@H]4O[C@H](CO[C@H]5O[C@H](CO)[C@@H](O)[C@H](O)[C@@H]5O)[C@@H](O)[C@H](O)[C@@H]4O)[C@@H](O)[C@H](O[C@H]4O[C@H](CO)[C@@H](O)[C@H](O)[C@@H]4O[C@H]4O[C@H](CO)[C@@H](O)[C@H](O)[C@@H]4O[C@H]4O[C@H](CO)[C@@H](O)[C@H](O[C@H]5O[C@H](CO)[C@@H](O)[C@H](O[C@H]6O[C@H](CO)[C@@H](O)[C@H](O)[C@H]6O[C@H]6O[C@H](CO)[C@@H](O)[C@H](O)[C@H]6O)[C@H]5O)[C@@H]4O)[C@@H]3O)[C@H](O)[C@H]2NC(C)=O)[C@@H](CO)O[C@H]1O. The standard InChI is InChI=1S/C70H118N2O56/c1-14(82)71-27-38(93)52(23(10-80)110-60(27)107)121-61-28(72-15(2)83)39(94)53(24(11-81)118-61)122-67-51(106)56(37(92)26(120-67)13-109-63-47(102)42(97)34(89)25(119-63)12-108-62-46(101)40(95)29(84)16(3-73)111-62)125-69-59(45(100)33(88)19(6-76)116-69)128-70-58(44(99)32(87)20(7-77)117-70)127-66-49(104)54(35(90)21(8-78)114-66)123-65-50(105)55(36(91)22(9-79)113-65)124-68-57(43(98)31(86)18(5-75)115-68)126-64-48(103)41(96)30(85)17(4-74)112-64/h16-70,73-81,84-107H,3-13H2,1-2H3,(H,71,82)(H,72,83)/t16-,17-,18-,19-,20-,21-,22-,23-,24-,25-,26-,27-,28-,29-,30-,31-,32-,33-,34-,35-,36-,37-,38-,39-,40+,41+,42+,43+,44+,45+,46+,47+,48-,49+,50-,51+,52-,53-,54+,55+,56+,57-,58+,59+,60-,61+,62+,63+,64-,65-,66-,67+,68-,69-,70-/m1/s1. The van der Waals surface area contributed by atoms with Crippen molar-refractivity contribution >= 4 is 11.8 Å². The first-order valence-corrected chi connectivity index (χ1v) is 40.7. The minimum atomic E-state index is -2.63. The average molecular weight is 1880 g/mol. The normalized spacial score (nSPS) is 51.7. The fourth-order valence-corrected chi connectivity index (χ4v) is 16.5. The third-order valence-electron chi connectivity index (χ3n) is 23.8. The summed E-state index contributed by atoms with van der Waals surface area (Å²) in [7, 11) is 0. The molecule has 128 heavy (non-hydrogen) atoms. The predicted octanol–water partition coefficient (Wildman–Crippen LogP) is -24.7. The Bertz CT molecular complexity index is 3390. The quantitative estimate of drug-likeness (QED) is 0.0290. The Kier molecular flexibility index (Phi) is 37.7. The van der Waals surface area contributed by atoms with Crippen LogP contribution in [0, 0.1) is 0 Å². The van der Waals surface area contributed by atoms with Gasteiger partial charge in [0.15, 0.2) is 69.2 Å². The number of carbonyl (C=O) groups excluding carboxylic acids is 2. The molecule has 0 radical (unpaired) electrons. The van der Waals surface area contributed by atoms with Crippen LogP contribution in [0.2, 0.25) is 0 Å². The molecule has 58 nitrogen and oxygen atoms in total. The zero-order valence-electron chi connectivity index (χ0n) is 67.7. The molecule has 744 valence electrons. The zero-order chi connectivity index (χ0) is 94.0. The van der Waals surface area contributed by atoms with Gasteiger partial charge >= 0.3 is 0 Å². The van der Waals surface area contributed by atoms with E-state index in [0.29, 0.717) is 0 Å². The van der Waals surface area contributed by atoms with E-state index in [9.17, 15) is 178 Å². The van der Waals surface area contributed by atoms with Gasteiger partial charge in [0.1, 0.15) is 268 Å². The van der Waals surface area contributed by atoms with Gasteiger partial charge in [-0.05, 0) is 0 Å². The lowest BCUT2D eigenvalue weighted by Crippen LogP contribution is -2.70. The molecule has 11 heterocycles. The Morgan fingerprint density at radius 2 is 0.422 bits per heavy atom. The van der Waals surface area contributed by atoms with E-state index in [2.05, 4.69) is 10.6 Å². The molecule has 11 aliphatic rings. The number of amides is 2. The maximum absolute atomic E-state index is 13.0. The topological polar surface area (TPSA) is 920 Å². The van der Waals surface area contributed by atoms with E-state index in [1.165, 1.54) is 0 Å². The number of hydrogen-bond donors (Lipinski definition) is 35. The summed E-state index contributed by atoms with van der Waals surface area (Å²) in [5.74, 6) is -1.77. The van der Waals surface area contributed by atoms with Gasteiger partial charge in [-0.15, -0.1) is 0 Å². The number of aliphatic hydroxyl groups excluding tert-OH is 33. The molecule has 11 fully saturated rings. The van der Waals surface area contributed by atoms with Gasteiger partial charge in [0.2, 0.25) is 11.8 Å². The zero-order valence-corrected chi connectivity index (χ0v) is 67.7. The summed E-state index contributed by atoms with van der Waals surface area (Å²) >= 11 is 0. The second-order valence-electron chi connectivity index (χ2n) is 32.3. The highest BCUT2D eigenvalue weighted by Gasteiger charge is 2.63. The van der Waals surface area contributed by atoms with Gasteiger partial charge in [-0.1, -0.05) is 0 Å². The molecule has 11 rings (SSSR count). The average Bonchev–Trinajstić information content (AvgIpc) is 0.765. The predicted molar refractivity (Wildman–Crippen MR) is 386 cm³/mol. The lowest BCUT2D eigenvalue weighted by molar-refractivity contribution is -0.413. The molecule has 0 saturated carbocycles. The first-order valence-electron chi connectivity index (χ1n) is 40.7. The van der Waals surface area contributed by atoms with Crippen LogP contribution in [0.25, 0.3) is 0 Å². The molecular formula is C70H118N2O56. The van der Waals surface area contributed by atoms with Crippen molar-refractivity contribution in [2.45, 2.75) is 351 Å². The van der Waals surface area contributed by atoms with Crippen molar-refractivity contribution in [3.63, 3.8) is 0 Å². The summed E-state index contributed by atoms with van der Waals surface area (Å²) in [6, 6.07) is -3.62. The minimum absolute atomic E-state index is 0.804. The van der Waals surface area contributed by atoms with Crippen molar-refractivity contribution in [3.8, 4) is 0 Å². The molecular weight excluding hydrogens is 1760 g/mol. The summed E-state index contributed by atoms with van der Waals surface area (Å²) in [6.45, 7) is -10.4. The van der Waals surface area contributed by atoms with Crippen molar-refractivity contribution in [1.29, 1.82) is 0 Å². The van der Waals surface area contributed by atoms with Crippen LogP contribution >= 0.6 is 0 Å². The summed E-state index contributed by atoms with van der Waals surface area (Å²) in [5, 5.41) is 371. The van der Waals surface area contributed by atoms with E-state index in [4.69, 9.17) is 99.5 Å². The molecule has 11 saturated heterocycles. The van der Waals surface area contributed by atoms with Crippen LogP contribution in [-0.2, 0) is 109 Å². The second-order valence-corrected chi connectivity index (χ2v) is 32.3. The fourth-order valence-electron chi connectivity index (χ4n) is 16.5. The van der Waals surface area contributed by atoms with Crippen LogP contribution in [0.15, 0.2) is 0 Å². The minimum Gasteiger partial charge on any atom is -0.394 e. The van der Waals surface area contributed by atoms with Crippen molar-refractivity contribution < 1.29 is 278 Å². The van der Waals surface area contributed by atoms with Crippen LogP contribution < -0.4 is 10.6 Å². The Hall–Kier alpha value is -3.22. The number of nitrogens with one attached hydrogen (secondary N) is 2. The summed E-state index contributed by atoms with van der Waals surface area (Å²) in [4.78, 5) is 25.2. The van der Waals surface area contributed by atoms with E-state index in [1.54, 1.807) is 0 Å². The van der Waals surface area contributed by atoms with Crippen molar-refractivity contribution in [2.75, 3.05) is 72.7 Å². The Morgan fingerprint density at radius 3 is 0.781 bits per heavy atom. The van der Waals surface area contributed by atoms with E-state index in [1.807, 2.05) is 0 Å². The van der Waals surface area contributed by atoms with Crippen LogP contribution in [0.3, 0.4) is 0 Å². The van der Waals surface area contributed by atoms with Crippen LogP contribution in [0.1, 0.15) is 13.8 Å². The van der Waals surface area contributed by atoms with E-state index < -0.39 is 422 Å². The van der Waals surface area contributed by atoms with Crippen LogP contribution in [0.5, 0.6) is 0 Å². The summed E-state index contributed by atoms with van der Waals surface area (Å²) < 4.78 is 122. The summed E-state index contributed by atoms with van der Waals surface area (Å²) in [5.41, 5.74) is 0. The smallest absolute Gasteiger partial charge is 0.217 e. The van der Waals surface area contributed by atoms with Gasteiger partial charge in [0.05, 0.1) is 72.7 Å². The van der Waals surface area contributed by atoms with Crippen molar-refractivity contribution in [2.24, 2.45) is 0 Å². The Labute approximate surface area is 722 Å². The second kappa shape index (κ2) is 45.8. The largest absolute Gasteiger partial charge is 0.394 e. The molecule has 0 bridgehead atoms. The van der Waals surface area contributed by atoms with E-state index >= 15 is 0 Å². The maximum Gasteiger partial charge on any atom is 0.217 e.